The first-order valence-electron chi connectivity index (χ1n) is 15.5. The summed E-state index contributed by atoms with van der Waals surface area (Å²) in [5.41, 5.74) is 4.34. The zero-order valence-corrected chi connectivity index (χ0v) is 29.1. The molecule has 0 aliphatic heterocycles. The Labute approximate surface area is 264 Å². The van der Waals surface area contributed by atoms with Gasteiger partial charge in [0, 0.05) is 10.9 Å². The summed E-state index contributed by atoms with van der Waals surface area (Å²) in [6.45, 7) is 17.5. The van der Waals surface area contributed by atoms with Crippen LogP contribution in [0.4, 0.5) is 0 Å². The van der Waals surface area contributed by atoms with Gasteiger partial charge in [0.2, 0.25) is 0 Å². The number of nitrogens with zero attached hydrogens (tertiary/aromatic N) is 5. The van der Waals surface area contributed by atoms with Crippen LogP contribution in [0.1, 0.15) is 78.2 Å². The summed E-state index contributed by atoms with van der Waals surface area (Å²) >= 11 is 0. The van der Waals surface area contributed by atoms with Gasteiger partial charge in [0.25, 0.3) is 0 Å². The molecule has 0 saturated heterocycles. The van der Waals surface area contributed by atoms with Crippen molar-refractivity contribution in [3.8, 4) is 17.1 Å². The first kappa shape index (κ1) is 32.5. The molecule has 1 fully saturated rings. The maximum absolute atomic E-state index is 13.1. The molecule has 3 unspecified atom stereocenters. The Balaban J connectivity index is 1.47. The van der Waals surface area contributed by atoms with Crippen LogP contribution in [0.25, 0.3) is 28.0 Å². The fourth-order valence-electron chi connectivity index (χ4n) is 5.19. The van der Waals surface area contributed by atoms with Crippen LogP contribution < -0.4 is 0 Å². The van der Waals surface area contributed by atoms with Crippen LogP contribution >= 0.6 is 0 Å². The number of benzene rings is 1. The third-order valence-corrected chi connectivity index (χ3v) is 14.9. The predicted octanol–water partition coefficient (Wildman–Crippen LogP) is 8.15. The molecule has 3 heterocycles. The van der Waals surface area contributed by atoms with Crippen LogP contribution in [0.3, 0.4) is 0 Å². The van der Waals surface area contributed by atoms with Gasteiger partial charge in [-0.05, 0) is 73.6 Å². The lowest BCUT2D eigenvalue weighted by Crippen LogP contribution is -2.40. The number of aliphatic hydroxyl groups excluding tert-OH is 1. The van der Waals surface area contributed by atoms with Crippen LogP contribution in [0.2, 0.25) is 18.1 Å². The maximum Gasteiger partial charge on any atom is 0.192 e. The van der Waals surface area contributed by atoms with Crippen molar-refractivity contribution < 1.29 is 13.7 Å². The van der Waals surface area contributed by atoms with Gasteiger partial charge in [-0.1, -0.05) is 70.6 Å². The summed E-state index contributed by atoms with van der Waals surface area (Å²) in [7, 11) is -3.31. The molecule has 1 N–H and O–H groups in total. The summed E-state index contributed by atoms with van der Waals surface area (Å²) in [5.74, 6) is 0.834. The van der Waals surface area contributed by atoms with E-state index < -0.39 is 23.7 Å². The zero-order valence-electron chi connectivity index (χ0n) is 27.2. The highest BCUT2D eigenvalue weighted by Gasteiger charge is 2.37. The van der Waals surface area contributed by atoms with Gasteiger partial charge in [-0.3, -0.25) is 4.98 Å². The van der Waals surface area contributed by atoms with Crippen LogP contribution in [0.5, 0.6) is 0 Å². The number of rotatable bonds is 8. The van der Waals surface area contributed by atoms with E-state index in [4.69, 9.17) is 18.8 Å². The summed E-state index contributed by atoms with van der Waals surface area (Å²) in [4.78, 5) is 9.96. The average molecular weight is 633 g/mol. The van der Waals surface area contributed by atoms with E-state index in [1.807, 2.05) is 68.0 Å². The van der Waals surface area contributed by atoms with Gasteiger partial charge in [0.1, 0.15) is 0 Å². The van der Waals surface area contributed by atoms with Gasteiger partial charge < -0.3 is 18.1 Å². The van der Waals surface area contributed by atoms with Crippen molar-refractivity contribution in [3.63, 3.8) is 0 Å². The predicted molar refractivity (Wildman–Crippen MR) is 180 cm³/mol. The van der Waals surface area contributed by atoms with Gasteiger partial charge in [-0.25, -0.2) is 9.67 Å². The number of hydrogen-bond acceptors (Lipinski definition) is 8. The molecule has 1 saturated carbocycles. The van der Waals surface area contributed by atoms with Crippen molar-refractivity contribution in [1.29, 1.82) is 0 Å². The minimum atomic E-state index is -1.91. The number of aliphatic hydroxyl groups is 1. The molecular weight excluding hydrogens is 587 g/mol. The Hall–Kier alpha value is -2.92. The van der Waals surface area contributed by atoms with E-state index in [0.717, 1.165) is 52.2 Å². The highest BCUT2D eigenvalue weighted by atomic mass is 32.2. The van der Waals surface area contributed by atoms with Crippen molar-refractivity contribution in [2.24, 2.45) is 10.3 Å². The molecular formula is C34H46N5O3SSi-. The summed E-state index contributed by atoms with van der Waals surface area (Å²) in [6.07, 6.45) is 3.71. The van der Waals surface area contributed by atoms with Gasteiger partial charge in [0.15, 0.2) is 14.1 Å². The first-order chi connectivity index (χ1) is 20.6. The molecule has 5 rings (SSSR count). The Morgan fingerprint density at radius 2 is 1.80 bits per heavy atom. The van der Waals surface area contributed by atoms with E-state index in [-0.39, 0.29) is 23.1 Å². The third-order valence-electron chi connectivity index (χ3n) is 8.96. The maximum atomic E-state index is 13.1. The number of hydrogen-bond donors (Lipinski definition) is 1. The van der Waals surface area contributed by atoms with Crippen LogP contribution in [0.15, 0.2) is 65.2 Å². The number of fused-ring (bicyclic) bond motifs is 1. The van der Waals surface area contributed by atoms with E-state index in [1.54, 1.807) is 0 Å². The molecule has 4 aromatic rings. The second-order valence-corrected chi connectivity index (χ2v) is 21.2. The van der Waals surface area contributed by atoms with Crippen LogP contribution in [-0.2, 0) is 25.8 Å². The lowest BCUT2D eigenvalue weighted by Gasteiger charge is -2.36. The molecule has 10 heteroatoms. The Kier molecular flexibility index (Phi) is 9.20. The van der Waals surface area contributed by atoms with E-state index in [0.29, 0.717) is 13.0 Å². The lowest BCUT2D eigenvalue weighted by atomic mass is 9.95. The van der Waals surface area contributed by atoms with E-state index in [9.17, 15) is 9.32 Å². The smallest absolute Gasteiger partial charge is 0.192 e. The largest absolute Gasteiger partial charge is 0.444 e. The SMILES string of the molecule is CC(C)(C)[S-](=O)=NC(c1cccc(-c2ccc3cnn(-c4cccc(CO[Si](C)(C)C(C)(C)C)n4)c3c2)n1)C1CCC(O)C1. The van der Waals surface area contributed by atoms with Gasteiger partial charge in [-0.2, -0.15) is 15.7 Å². The molecule has 44 heavy (non-hydrogen) atoms. The van der Waals surface area contributed by atoms with Crippen LogP contribution in [0, 0.1) is 5.92 Å². The summed E-state index contributed by atoms with van der Waals surface area (Å²) in [5, 5.41) is 16.1. The van der Waals surface area contributed by atoms with Gasteiger partial charge in [0.05, 0.1) is 47.5 Å². The molecule has 236 valence electrons. The lowest BCUT2D eigenvalue weighted by molar-refractivity contribution is 0.175. The molecule has 1 aromatic carbocycles. The van der Waals surface area contributed by atoms with E-state index in [2.05, 4.69) is 57.2 Å². The van der Waals surface area contributed by atoms with Crippen LogP contribution in [-0.4, -0.2) is 44.0 Å². The van der Waals surface area contributed by atoms with Crippen molar-refractivity contribution in [2.75, 3.05) is 0 Å². The highest BCUT2D eigenvalue weighted by molar-refractivity contribution is 7.76. The Morgan fingerprint density at radius 1 is 1.05 bits per heavy atom. The molecule has 1 aliphatic rings. The third kappa shape index (κ3) is 7.14. The average Bonchev–Trinajstić information content (AvgIpc) is 3.59. The van der Waals surface area contributed by atoms with Crippen molar-refractivity contribution in [1.82, 2.24) is 19.7 Å². The monoisotopic (exact) mass is 632 g/mol. The molecule has 0 radical (unpaired) electrons. The topological polar surface area (TPSA) is 102 Å². The van der Waals surface area contributed by atoms with Crippen molar-refractivity contribution in [3.05, 3.63) is 72.2 Å². The molecule has 8 nitrogen and oxygen atoms in total. The molecule has 3 aromatic heterocycles. The van der Waals surface area contributed by atoms with Crippen molar-refractivity contribution >= 4 is 29.8 Å². The highest BCUT2D eigenvalue weighted by Crippen LogP contribution is 2.40. The van der Waals surface area contributed by atoms with E-state index >= 15 is 0 Å². The standard InChI is InChI=1S/C34H46N5O3SSi/c1-33(2,3)43(41)38-32(24-17-18-27(40)19-24)29-13-10-12-28(37-29)23-15-16-25-21-35-39(30(25)20-23)31-14-9-11-26(36-31)22-42-44(7,8)34(4,5)6/h9-16,20-21,24,27,32,40H,17-19,22H2,1-8H3/q-1. The first-order valence-corrected chi connectivity index (χ1v) is 19.5. The molecule has 3 atom stereocenters. The van der Waals surface area contributed by atoms with Crippen molar-refractivity contribution in [2.45, 2.75) is 102 Å². The normalized spacial score (nSPS) is 19.5. The Morgan fingerprint density at radius 3 is 2.48 bits per heavy atom. The molecule has 0 bridgehead atoms. The zero-order chi connectivity index (χ0) is 31.9. The van der Waals surface area contributed by atoms with E-state index in [1.165, 1.54) is 0 Å². The van der Waals surface area contributed by atoms with Gasteiger partial charge >= 0.3 is 0 Å². The molecule has 0 spiro atoms. The minimum absolute atomic E-state index is 0.0990. The summed E-state index contributed by atoms with van der Waals surface area (Å²) < 4.78 is 25.7. The fraction of sp³-hybridized carbons (Fsp3) is 0.500. The minimum Gasteiger partial charge on any atom is -0.444 e. The second kappa shape index (κ2) is 12.5. The Bertz CT molecular complexity index is 1720. The number of aromatic nitrogens is 4. The quantitative estimate of drug-likeness (QED) is 0.155. The number of pyridine rings is 2. The summed E-state index contributed by atoms with van der Waals surface area (Å²) in [6, 6.07) is 17.8. The molecule has 1 aliphatic carbocycles. The van der Waals surface area contributed by atoms with Gasteiger partial charge in [-0.15, -0.1) is 0 Å². The second-order valence-electron chi connectivity index (χ2n) is 14.5. The molecule has 0 amide bonds. The fourth-order valence-corrected chi connectivity index (χ4v) is 6.94.